The standard InChI is InChI=1S/C12H14N2O2/c1-16-12(15)10(7-13)8-2-3-11-9(6-8)4-5-14-11/h2-6,10,14H,7,13H2,1H3. The highest BCUT2D eigenvalue weighted by Crippen LogP contribution is 2.21. The van der Waals surface area contributed by atoms with Crippen molar-refractivity contribution in [2.75, 3.05) is 13.7 Å². The van der Waals surface area contributed by atoms with E-state index in [2.05, 4.69) is 4.98 Å². The largest absolute Gasteiger partial charge is 0.469 e. The Bertz CT molecular complexity index is 504. The summed E-state index contributed by atoms with van der Waals surface area (Å²) >= 11 is 0. The van der Waals surface area contributed by atoms with Crippen molar-refractivity contribution >= 4 is 16.9 Å². The fourth-order valence-electron chi connectivity index (χ4n) is 1.80. The lowest BCUT2D eigenvalue weighted by molar-refractivity contribution is -0.142. The molecule has 0 bridgehead atoms. The maximum Gasteiger partial charge on any atom is 0.314 e. The molecule has 3 N–H and O–H groups in total. The van der Waals surface area contributed by atoms with Gasteiger partial charge in [-0.15, -0.1) is 0 Å². The Morgan fingerprint density at radius 2 is 2.31 bits per heavy atom. The molecule has 2 aromatic rings. The van der Waals surface area contributed by atoms with E-state index in [1.807, 2.05) is 30.5 Å². The summed E-state index contributed by atoms with van der Waals surface area (Å²) in [6.07, 6.45) is 1.87. The van der Waals surface area contributed by atoms with E-state index in [1.54, 1.807) is 0 Å². The van der Waals surface area contributed by atoms with E-state index in [9.17, 15) is 4.79 Å². The van der Waals surface area contributed by atoms with Crippen LogP contribution in [0.5, 0.6) is 0 Å². The smallest absolute Gasteiger partial charge is 0.314 e. The monoisotopic (exact) mass is 218 g/mol. The molecule has 0 spiro atoms. The molecule has 0 fully saturated rings. The van der Waals surface area contributed by atoms with Crippen LogP contribution in [0.4, 0.5) is 0 Å². The van der Waals surface area contributed by atoms with Crippen molar-refractivity contribution in [1.29, 1.82) is 0 Å². The molecule has 1 aromatic carbocycles. The van der Waals surface area contributed by atoms with Crippen molar-refractivity contribution in [3.8, 4) is 0 Å². The van der Waals surface area contributed by atoms with Crippen LogP contribution < -0.4 is 5.73 Å². The number of H-pyrrole nitrogens is 1. The van der Waals surface area contributed by atoms with Crippen LogP contribution in [0, 0.1) is 0 Å². The Morgan fingerprint density at radius 3 is 3.00 bits per heavy atom. The molecule has 0 amide bonds. The lowest BCUT2D eigenvalue weighted by Gasteiger charge is -2.12. The molecule has 1 aromatic heterocycles. The van der Waals surface area contributed by atoms with Gasteiger partial charge in [0.25, 0.3) is 0 Å². The van der Waals surface area contributed by atoms with Gasteiger partial charge in [0, 0.05) is 18.3 Å². The van der Waals surface area contributed by atoms with Gasteiger partial charge in [-0.2, -0.15) is 0 Å². The predicted molar refractivity (Wildman–Crippen MR) is 62.1 cm³/mol. The van der Waals surface area contributed by atoms with Crippen LogP contribution >= 0.6 is 0 Å². The van der Waals surface area contributed by atoms with Crippen molar-refractivity contribution in [2.24, 2.45) is 5.73 Å². The molecule has 4 nitrogen and oxygen atoms in total. The van der Waals surface area contributed by atoms with Crippen molar-refractivity contribution in [3.05, 3.63) is 36.0 Å². The van der Waals surface area contributed by atoms with Gasteiger partial charge in [-0.05, 0) is 29.1 Å². The maximum absolute atomic E-state index is 11.5. The minimum absolute atomic E-state index is 0.253. The minimum Gasteiger partial charge on any atom is -0.469 e. The number of carbonyl (C=O) groups excluding carboxylic acids is 1. The SMILES string of the molecule is COC(=O)C(CN)c1ccc2[nH]ccc2c1. The molecule has 1 heterocycles. The number of fused-ring (bicyclic) bond motifs is 1. The van der Waals surface area contributed by atoms with E-state index in [0.29, 0.717) is 0 Å². The highest BCUT2D eigenvalue weighted by Gasteiger charge is 2.19. The molecule has 1 unspecified atom stereocenters. The molecule has 0 aliphatic heterocycles. The second-order valence-electron chi connectivity index (χ2n) is 3.64. The van der Waals surface area contributed by atoms with Crippen molar-refractivity contribution in [2.45, 2.75) is 5.92 Å². The van der Waals surface area contributed by atoms with Gasteiger partial charge in [0.05, 0.1) is 13.0 Å². The van der Waals surface area contributed by atoms with Crippen LogP contribution in [0.15, 0.2) is 30.5 Å². The summed E-state index contributed by atoms with van der Waals surface area (Å²) in [5, 5.41) is 1.07. The molecule has 0 aliphatic rings. The average molecular weight is 218 g/mol. The highest BCUT2D eigenvalue weighted by atomic mass is 16.5. The summed E-state index contributed by atoms with van der Waals surface area (Å²) in [7, 11) is 1.37. The van der Waals surface area contributed by atoms with Crippen LogP contribution in [0.2, 0.25) is 0 Å². The number of hydrogen-bond acceptors (Lipinski definition) is 3. The Kier molecular flexibility index (Phi) is 2.92. The van der Waals surface area contributed by atoms with E-state index < -0.39 is 0 Å². The number of esters is 1. The third-order valence-electron chi connectivity index (χ3n) is 2.70. The summed E-state index contributed by atoms with van der Waals surface area (Å²) < 4.78 is 4.72. The fraction of sp³-hybridized carbons (Fsp3) is 0.250. The average Bonchev–Trinajstić information content (AvgIpc) is 2.77. The normalized spacial score (nSPS) is 12.6. The van der Waals surface area contributed by atoms with E-state index in [4.69, 9.17) is 10.5 Å². The van der Waals surface area contributed by atoms with E-state index in [-0.39, 0.29) is 18.4 Å². The van der Waals surface area contributed by atoms with Gasteiger partial charge in [-0.3, -0.25) is 4.79 Å². The van der Waals surface area contributed by atoms with E-state index in [0.717, 1.165) is 16.5 Å². The lowest BCUT2D eigenvalue weighted by atomic mass is 9.98. The van der Waals surface area contributed by atoms with Gasteiger partial charge in [-0.1, -0.05) is 6.07 Å². The lowest BCUT2D eigenvalue weighted by Crippen LogP contribution is -2.22. The van der Waals surface area contributed by atoms with E-state index >= 15 is 0 Å². The first-order chi connectivity index (χ1) is 7.76. The summed E-state index contributed by atoms with van der Waals surface area (Å²) in [5.74, 6) is -0.679. The molecule has 0 aliphatic carbocycles. The van der Waals surface area contributed by atoms with Crippen LogP contribution in [0.1, 0.15) is 11.5 Å². The zero-order chi connectivity index (χ0) is 11.5. The zero-order valence-corrected chi connectivity index (χ0v) is 9.07. The highest BCUT2D eigenvalue weighted by molar-refractivity contribution is 5.84. The number of methoxy groups -OCH3 is 1. The summed E-state index contributed by atoms with van der Waals surface area (Å²) in [5.41, 5.74) is 7.53. The number of aromatic nitrogens is 1. The van der Waals surface area contributed by atoms with Gasteiger partial charge in [0.15, 0.2) is 0 Å². The summed E-state index contributed by atoms with van der Waals surface area (Å²) in [6.45, 7) is 0.253. The number of rotatable bonds is 3. The molecule has 0 radical (unpaired) electrons. The number of nitrogens with one attached hydrogen (secondary N) is 1. The fourth-order valence-corrected chi connectivity index (χ4v) is 1.80. The van der Waals surface area contributed by atoms with Crippen LogP contribution in [-0.2, 0) is 9.53 Å². The predicted octanol–water partition coefficient (Wildman–Crippen LogP) is 1.38. The molecule has 2 rings (SSSR count). The van der Waals surface area contributed by atoms with Gasteiger partial charge in [0.1, 0.15) is 0 Å². The first-order valence-corrected chi connectivity index (χ1v) is 5.11. The number of carbonyl (C=O) groups is 1. The summed E-state index contributed by atoms with van der Waals surface area (Å²) in [6, 6.07) is 7.76. The number of ether oxygens (including phenoxy) is 1. The van der Waals surface area contributed by atoms with Crippen molar-refractivity contribution in [1.82, 2.24) is 4.98 Å². The Hall–Kier alpha value is -1.81. The molecule has 84 valence electrons. The third kappa shape index (κ3) is 1.79. The second-order valence-corrected chi connectivity index (χ2v) is 3.64. The zero-order valence-electron chi connectivity index (χ0n) is 9.07. The molecule has 16 heavy (non-hydrogen) atoms. The maximum atomic E-state index is 11.5. The van der Waals surface area contributed by atoms with Gasteiger partial charge in [-0.25, -0.2) is 0 Å². The van der Waals surface area contributed by atoms with E-state index in [1.165, 1.54) is 7.11 Å². The number of aromatic amines is 1. The molecule has 4 heteroatoms. The molecular weight excluding hydrogens is 204 g/mol. The molecule has 1 atom stereocenters. The van der Waals surface area contributed by atoms with Gasteiger partial charge < -0.3 is 15.5 Å². The Balaban J connectivity index is 2.40. The number of nitrogens with two attached hydrogens (primary N) is 1. The first kappa shape index (κ1) is 10.7. The quantitative estimate of drug-likeness (QED) is 0.765. The second kappa shape index (κ2) is 4.37. The Labute approximate surface area is 93.4 Å². The third-order valence-corrected chi connectivity index (χ3v) is 2.70. The Morgan fingerprint density at radius 1 is 1.50 bits per heavy atom. The van der Waals surface area contributed by atoms with Crippen molar-refractivity contribution in [3.63, 3.8) is 0 Å². The topological polar surface area (TPSA) is 68.1 Å². The van der Waals surface area contributed by atoms with Gasteiger partial charge >= 0.3 is 5.97 Å². The number of benzene rings is 1. The molecule has 0 saturated carbocycles. The van der Waals surface area contributed by atoms with Crippen LogP contribution in [0.25, 0.3) is 10.9 Å². The molecular formula is C12H14N2O2. The number of hydrogen-bond donors (Lipinski definition) is 2. The van der Waals surface area contributed by atoms with Crippen molar-refractivity contribution < 1.29 is 9.53 Å². The molecule has 0 saturated heterocycles. The minimum atomic E-state index is -0.385. The van der Waals surface area contributed by atoms with Crippen LogP contribution in [-0.4, -0.2) is 24.6 Å². The van der Waals surface area contributed by atoms with Crippen LogP contribution in [0.3, 0.4) is 0 Å². The first-order valence-electron chi connectivity index (χ1n) is 5.11. The van der Waals surface area contributed by atoms with Gasteiger partial charge in [0.2, 0.25) is 0 Å². The summed E-state index contributed by atoms with van der Waals surface area (Å²) in [4.78, 5) is 14.6.